The quantitative estimate of drug-likeness (QED) is 0.429. The molecule has 0 aliphatic heterocycles. The lowest BCUT2D eigenvalue weighted by Crippen LogP contribution is -1.80. The highest BCUT2D eigenvalue weighted by Gasteiger charge is 2.08. The normalized spacial score (nSPS) is 9.45. The number of rotatable bonds is 3. The van der Waals surface area contributed by atoms with Crippen molar-refractivity contribution in [3.63, 3.8) is 0 Å². The van der Waals surface area contributed by atoms with Gasteiger partial charge in [-0.25, -0.2) is 5.53 Å². The van der Waals surface area contributed by atoms with Crippen LogP contribution in [0.1, 0.15) is 4.88 Å². The molecule has 0 saturated heterocycles. The van der Waals surface area contributed by atoms with Gasteiger partial charge >= 0.3 is 5.00 Å². The Morgan fingerprint density at radius 2 is 2.45 bits per heavy atom. The minimum atomic E-state index is -0.446. The van der Waals surface area contributed by atoms with Gasteiger partial charge in [0.25, 0.3) is 0 Å². The Balaban J connectivity index is 2.81. The molecule has 1 aromatic rings. The highest BCUT2D eigenvalue weighted by atomic mass is 32.1. The van der Waals surface area contributed by atoms with Crippen LogP contribution in [0.25, 0.3) is 0 Å². The first kappa shape index (κ1) is 7.80. The van der Waals surface area contributed by atoms with E-state index in [9.17, 15) is 10.1 Å². The van der Waals surface area contributed by atoms with E-state index < -0.39 is 4.92 Å². The fourth-order valence-corrected chi connectivity index (χ4v) is 1.37. The van der Waals surface area contributed by atoms with Gasteiger partial charge < -0.3 is 0 Å². The number of nitro groups is 1. The van der Waals surface area contributed by atoms with E-state index in [4.69, 9.17) is 5.53 Å². The molecule has 58 valence electrons. The minimum absolute atomic E-state index is 0.101. The molecule has 6 heteroatoms. The lowest BCUT2D eigenvalue weighted by atomic mass is 10.5. The molecule has 11 heavy (non-hydrogen) atoms. The molecule has 0 aliphatic rings. The van der Waals surface area contributed by atoms with Crippen molar-refractivity contribution in [3.05, 3.63) is 27.1 Å². The van der Waals surface area contributed by atoms with Crippen LogP contribution < -0.4 is 0 Å². The fourth-order valence-electron chi connectivity index (χ4n) is 0.628. The van der Waals surface area contributed by atoms with Crippen LogP contribution in [0.15, 0.2) is 17.2 Å². The van der Waals surface area contributed by atoms with Crippen molar-refractivity contribution in [3.8, 4) is 0 Å². The Labute approximate surface area is 66.3 Å². The molecular weight excluding hydrogens is 166 g/mol. The average Bonchev–Trinajstić information content (AvgIpc) is 2.37. The van der Waals surface area contributed by atoms with E-state index in [1.807, 2.05) is 0 Å². The molecule has 0 unspecified atom stereocenters. The summed E-state index contributed by atoms with van der Waals surface area (Å²) in [6, 6.07) is 3.03. The Hall–Kier alpha value is -1.30. The largest absolute Gasteiger partial charge is 0.324 e. The molecule has 0 spiro atoms. The molecule has 5 nitrogen and oxygen atoms in total. The second-order valence-corrected chi connectivity index (χ2v) is 2.96. The third-order valence-electron chi connectivity index (χ3n) is 1.06. The molecule has 0 bridgehead atoms. The first-order valence-electron chi connectivity index (χ1n) is 2.80. The zero-order valence-electron chi connectivity index (χ0n) is 5.48. The van der Waals surface area contributed by atoms with E-state index in [-0.39, 0.29) is 11.5 Å². The molecule has 0 saturated carbocycles. The zero-order valence-corrected chi connectivity index (χ0v) is 6.30. The predicted molar refractivity (Wildman–Crippen MR) is 39.8 cm³/mol. The molecule has 1 N–H and O–H groups in total. The minimum Gasteiger partial charge on any atom is -0.258 e. The third kappa shape index (κ3) is 1.81. The molecule has 0 aromatic carbocycles. The summed E-state index contributed by atoms with van der Waals surface area (Å²) in [5, 5.41) is 13.4. The summed E-state index contributed by atoms with van der Waals surface area (Å²) in [6.45, 7) is 0.235. The van der Waals surface area contributed by atoms with E-state index in [2.05, 4.69) is 5.11 Å². The van der Waals surface area contributed by atoms with Gasteiger partial charge in [-0.3, -0.25) is 10.1 Å². The lowest BCUT2D eigenvalue weighted by molar-refractivity contribution is -0.380. The van der Waals surface area contributed by atoms with Crippen LogP contribution in [0.4, 0.5) is 5.00 Å². The second-order valence-electron chi connectivity index (χ2n) is 1.81. The van der Waals surface area contributed by atoms with Crippen LogP contribution in [0.5, 0.6) is 0 Å². The molecule has 1 aromatic heterocycles. The number of nitrogens with zero attached hydrogens (tertiary/aromatic N) is 2. The molecule has 0 fully saturated rings. The summed E-state index contributed by atoms with van der Waals surface area (Å²) in [7, 11) is 0. The first-order valence-corrected chi connectivity index (χ1v) is 3.62. The predicted octanol–water partition coefficient (Wildman–Crippen LogP) is 2.19. The second kappa shape index (κ2) is 3.20. The molecule has 1 rings (SSSR count). The van der Waals surface area contributed by atoms with Crippen LogP contribution in [-0.4, -0.2) is 4.92 Å². The molecule has 0 aliphatic carbocycles. The monoisotopic (exact) mass is 171 g/mol. The SMILES string of the molecule is N=NCc1ccc([N+](=O)[O-])s1. The zero-order chi connectivity index (χ0) is 8.27. The van der Waals surface area contributed by atoms with Crippen molar-refractivity contribution >= 4 is 16.3 Å². The van der Waals surface area contributed by atoms with Crippen molar-refractivity contribution in [2.24, 2.45) is 5.11 Å². The van der Waals surface area contributed by atoms with Gasteiger partial charge in [0.05, 0.1) is 11.5 Å². The molecule has 0 radical (unpaired) electrons. The van der Waals surface area contributed by atoms with Crippen LogP contribution in [-0.2, 0) is 6.54 Å². The lowest BCUT2D eigenvalue weighted by Gasteiger charge is -1.82. The Morgan fingerprint density at radius 1 is 1.73 bits per heavy atom. The van der Waals surface area contributed by atoms with Gasteiger partial charge in [-0.15, -0.1) is 0 Å². The standard InChI is InChI=1S/C5H5N3O2S/c6-7-3-4-1-2-5(11-4)8(9)10/h1-2,6H,3H2. The van der Waals surface area contributed by atoms with Crippen LogP contribution in [0.2, 0.25) is 0 Å². The van der Waals surface area contributed by atoms with Crippen molar-refractivity contribution in [2.45, 2.75) is 6.54 Å². The Bertz CT molecular complexity index is 283. The van der Waals surface area contributed by atoms with E-state index in [1.54, 1.807) is 6.07 Å². The van der Waals surface area contributed by atoms with Crippen molar-refractivity contribution in [1.29, 1.82) is 5.53 Å². The Kier molecular flexibility index (Phi) is 2.27. The maximum Gasteiger partial charge on any atom is 0.324 e. The van der Waals surface area contributed by atoms with Gasteiger partial charge in [0.15, 0.2) is 0 Å². The van der Waals surface area contributed by atoms with Crippen LogP contribution in [0, 0.1) is 15.6 Å². The van der Waals surface area contributed by atoms with Gasteiger partial charge in [-0.2, -0.15) is 5.11 Å². The summed E-state index contributed by atoms with van der Waals surface area (Å²) in [6.07, 6.45) is 0. The first-order chi connectivity index (χ1) is 5.24. The van der Waals surface area contributed by atoms with Crippen molar-refractivity contribution in [1.82, 2.24) is 0 Å². The third-order valence-corrected chi connectivity index (χ3v) is 2.08. The molecule has 0 amide bonds. The van der Waals surface area contributed by atoms with Gasteiger partial charge in [0.2, 0.25) is 0 Å². The molecular formula is C5H5N3O2S. The summed E-state index contributed by atoms with van der Waals surface area (Å²) in [4.78, 5) is 10.5. The van der Waals surface area contributed by atoms with Gasteiger partial charge in [-0.05, 0) is 6.07 Å². The maximum absolute atomic E-state index is 10.2. The fraction of sp³-hybridized carbons (Fsp3) is 0.200. The topological polar surface area (TPSA) is 79.3 Å². The summed E-state index contributed by atoms with van der Waals surface area (Å²) in [5.74, 6) is 0. The van der Waals surface area contributed by atoms with Gasteiger partial charge in [0.1, 0.15) is 0 Å². The number of hydrogen-bond acceptors (Lipinski definition) is 5. The Morgan fingerprint density at radius 3 is 2.91 bits per heavy atom. The average molecular weight is 171 g/mol. The van der Waals surface area contributed by atoms with Crippen molar-refractivity contribution in [2.75, 3.05) is 0 Å². The van der Waals surface area contributed by atoms with E-state index >= 15 is 0 Å². The number of nitrogens with one attached hydrogen (secondary N) is 1. The van der Waals surface area contributed by atoms with E-state index in [0.29, 0.717) is 0 Å². The number of thiophene rings is 1. The van der Waals surface area contributed by atoms with E-state index in [0.717, 1.165) is 16.2 Å². The van der Waals surface area contributed by atoms with E-state index in [1.165, 1.54) is 6.07 Å². The van der Waals surface area contributed by atoms with Crippen LogP contribution >= 0.6 is 11.3 Å². The maximum atomic E-state index is 10.2. The highest BCUT2D eigenvalue weighted by molar-refractivity contribution is 7.15. The van der Waals surface area contributed by atoms with Gasteiger partial charge in [0, 0.05) is 10.9 Å². The molecule has 0 atom stereocenters. The smallest absolute Gasteiger partial charge is 0.258 e. The van der Waals surface area contributed by atoms with Gasteiger partial charge in [-0.1, -0.05) is 11.3 Å². The summed E-state index contributed by atoms with van der Waals surface area (Å²) >= 11 is 1.05. The highest BCUT2D eigenvalue weighted by Crippen LogP contribution is 2.24. The summed E-state index contributed by atoms with van der Waals surface area (Å²) in [5.41, 5.74) is 6.52. The number of hydrogen-bond donors (Lipinski definition) is 1. The summed E-state index contributed by atoms with van der Waals surface area (Å²) < 4.78 is 0. The van der Waals surface area contributed by atoms with Crippen molar-refractivity contribution < 1.29 is 4.92 Å². The van der Waals surface area contributed by atoms with Crippen LogP contribution in [0.3, 0.4) is 0 Å². The molecule has 1 heterocycles.